The molecule has 0 saturated carbocycles. The van der Waals surface area contributed by atoms with E-state index >= 15 is 0 Å². The average molecular weight is 484 g/mol. The first kappa shape index (κ1) is 16.0. The minimum atomic E-state index is -1.06. The van der Waals surface area contributed by atoms with Crippen LogP contribution in [0.1, 0.15) is 0 Å². The maximum atomic E-state index is 5.13. The summed E-state index contributed by atoms with van der Waals surface area (Å²) in [6.07, 6.45) is 6.50. The molecular weight excluding hydrogens is 476 g/mol. The number of H-pyrrole nitrogens is 2. The van der Waals surface area contributed by atoms with E-state index in [1.165, 1.54) is 0 Å². The smallest absolute Gasteiger partial charge is 0.339 e. The molecule has 6 aliphatic heterocycles. The summed E-state index contributed by atoms with van der Waals surface area (Å²) < 4.78 is 8.61. The van der Waals surface area contributed by atoms with Gasteiger partial charge in [0.15, 0.2) is 33.4 Å². The largest absolute Gasteiger partial charge is 0.444 e. The van der Waals surface area contributed by atoms with Gasteiger partial charge in [0.2, 0.25) is 11.3 Å². The summed E-state index contributed by atoms with van der Waals surface area (Å²) in [6.45, 7) is 0. The van der Waals surface area contributed by atoms with Crippen molar-refractivity contribution in [3.8, 4) is 0 Å². The first-order chi connectivity index (χ1) is 18.4. The average Bonchev–Trinajstić information content (AvgIpc) is 3.73. The number of hydrogen-bond donors (Lipinski definition) is 4. The molecule has 37 heavy (non-hydrogen) atoms. The topological polar surface area (TPSA) is 179 Å². The van der Waals surface area contributed by atoms with Gasteiger partial charge in [-0.1, -0.05) is 0 Å². The van der Waals surface area contributed by atoms with Gasteiger partial charge in [0.1, 0.15) is 34.8 Å². The third kappa shape index (κ3) is 1.26. The molecule has 16 nitrogen and oxygen atoms in total. The lowest BCUT2D eigenvalue weighted by Crippen LogP contribution is -2.89. The zero-order valence-corrected chi connectivity index (χ0v) is 18.2. The van der Waals surface area contributed by atoms with E-state index in [-0.39, 0.29) is 0 Å². The van der Waals surface area contributed by atoms with E-state index < -0.39 is 5.91 Å². The maximum Gasteiger partial charge on any atom is 0.444 e. The van der Waals surface area contributed by atoms with Crippen LogP contribution in [0.25, 0.3) is 22.1 Å². The lowest BCUT2D eigenvalue weighted by atomic mass is 10.3. The second-order valence-corrected chi connectivity index (χ2v) is 9.50. The van der Waals surface area contributed by atoms with Gasteiger partial charge >= 0.3 is 5.91 Å². The summed E-state index contributed by atoms with van der Waals surface area (Å²) >= 11 is 0. The van der Waals surface area contributed by atoms with Gasteiger partial charge in [-0.05, 0) is 0 Å². The van der Waals surface area contributed by atoms with Gasteiger partial charge in [-0.15, -0.1) is 13.7 Å². The van der Waals surface area contributed by atoms with Crippen LogP contribution < -0.4 is 42.7 Å². The molecule has 6 aromatic heterocycles. The Morgan fingerprint density at radius 1 is 0.676 bits per heavy atom. The lowest BCUT2D eigenvalue weighted by molar-refractivity contribution is -0.450. The first-order valence-corrected chi connectivity index (χ1v) is 11.5. The van der Waals surface area contributed by atoms with Crippen molar-refractivity contribution in [2.24, 2.45) is 30.0 Å². The van der Waals surface area contributed by atoms with Crippen molar-refractivity contribution in [3.05, 3.63) is 45.3 Å². The van der Waals surface area contributed by atoms with E-state index in [9.17, 15) is 0 Å². The summed E-state index contributed by atoms with van der Waals surface area (Å²) in [5, 5.41) is 1.38. The molecule has 0 aromatic carbocycles. The molecule has 0 radical (unpaired) electrons. The molecule has 0 saturated heterocycles. The lowest BCUT2D eigenvalue weighted by Gasteiger charge is -2.37. The molecule has 0 unspecified atom stereocenters. The number of aromatic nitrogens is 8. The van der Waals surface area contributed by atoms with Crippen LogP contribution >= 0.6 is 0 Å². The van der Waals surface area contributed by atoms with Crippen molar-refractivity contribution in [1.82, 2.24) is 38.2 Å². The van der Waals surface area contributed by atoms with Gasteiger partial charge in [-0.2, -0.15) is 9.98 Å². The highest BCUT2D eigenvalue weighted by atomic mass is 15.7. The fraction of sp³-hybridized carbons (Fsp3) is 0.0476. The number of nitrogens with zero attached hydrogens (tertiary/aromatic N) is 12. The fourth-order valence-corrected chi connectivity index (χ4v) is 6.85. The van der Waals surface area contributed by atoms with Crippen molar-refractivity contribution >= 4 is 69.4 Å². The number of hydrogen-bond acceptors (Lipinski definition) is 8. The molecule has 12 heterocycles. The Bertz CT molecular complexity index is 2690. The molecule has 12 rings (SSSR count). The molecule has 16 heteroatoms. The third-order valence-corrected chi connectivity index (χ3v) is 8.08. The minimum absolute atomic E-state index is 0.653. The Balaban J connectivity index is 1.54. The third-order valence-electron chi connectivity index (χ3n) is 8.08. The first-order valence-electron chi connectivity index (χ1n) is 11.5. The highest BCUT2D eigenvalue weighted by molar-refractivity contribution is 5.94. The molecule has 4 N–H and O–H groups in total. The van der Waals surface area contributed by atoms with E-state index in [1.54, 1.807) is 25.3 Å². The number of fused-ring (bicyclic) bond motifs is 12. The predicted octanol–water partition coefficient (Wildman–Crippen LogP) is -5.34. The van der Waals surface area contributed by atoms with E-state index in [4.69, 9.17) is 9.98 Å². The van der Waals surface area contributed by atoms with Gasteiger partial charge in [0.05, 0.1) is 12.7 Å². The van der Waals surface area contributed by atoms with Crippen molar-refractivity contribution < 1.29 is 9.98 Å². The number of aliphatic imine (C=N–C) groups is 2. The van der Waals surface area contributed by atoms with Gasteiger partial charge < -0.3 is 9.97 Å². The van der Waals surface area contributed by atoms with Crippen LogP contribution in [0.4, 0.5) is 34.6 Å². The van der Waals surface area contributed by atoms with Crippen LogP contribution in [-0.4, -0.2) is 50.9 Å². The van der Waals surface area contributed by atoms with Crippen molar-refractivity contribution in [2.45, 2.75) is 5.91 Å². The summed E-state index contributed by atoms with van der Waals surface area (Å²) in [6, 6.07) is 0. The summed E-state index contributed by atoms with van der Waals surface area (Å²) in [7, 11) is 0. The van der Waals surface area contributed by atoms with Crippen LogP contribution in [0.3, 0.4) is 0 Å². The molecule has 0 amide bonds. The monoisotopic (exact) mass is 484 g/mol. The van der Waals surface area contributed by atoms with Crippen LogP contribution in [-0.2, 0) is 5.91 Å². The predicted molar refractivity (Wildman–Crippen MR) is 120 cm³/mol. The molecule has 6 aromatic rings. The molecule has 170 valence electrons. The molecule has 0 bridgehead atoms. The SMILES string of the molecule is C1=Nc2c3n4c(c2=N1)=Nc1c2nc[nH]c2c2n1[C@]41n4c(c5c(c4=N3)=NC=N5)[NH+]=c3c4nc[nH]c4c(n31)=[NH+]2. The fourth-order valence-electron chi connectivity index (χ4n) is 6.85. The van der Waals surface area contributed by atoms with Crippen LogP contribution in [0.2, 0.25) is 0 Å². The van der Waals surface area contributed by atoms with E-state index in [0.717, 1.165) is 50.4 Å². The Morgan fingerprint density at radius 2 is 1.41 bits per heavy atom. The highest BCUT2D eigenvalue weighted by Gasteiger charge is 2.65. The van der Waals surface area contributed by atoms with Gasteiger partial charge in [-0.25, -0.2) is 44.5 Å². The maximum absolute atomic E-state index is 5.13. The zero-order valence-electron chi connectivity index (χ0n) is 18.2. The number of rotatable bonds is 0. The number of aromatic amines is 2. The van der Waals surface area contributed by atoms with Crippen LogP contribution in [0.15, 0.2) is 42.6 Å². The molecule has 0 fully saturated rings. The van der Waals surface area contributed by atoms with Crippen LogP contribution in [0, 0.1) is 0 Å². The summed E-state index contributed by atoms with van der Waals surface area (Å²) in [4.78, 5) is 51.9. The molecule has 1 atom stereocenters. The summed E-state index contributed by atoms with van der Waals surface area (Å²) in [5.74, 6) is 1.88. The quantitative estimate of drug-likeness (QED) is 0.168. The highest BCUT2D eigenvalue weighted by Crippen LogP contribution is 2.46. The summed E-state index contributed by atoms with van der Waals surface area (Å²) in [5.41, 5.74) is 7.62. The van der Waals surface area contributed by atoms with E-state index in [0.29, 0.717) is 39.0 Å². The van der Waals surface area contributed by atoms with Crippen molar-refractivity contribution in [2.75, 3.05) is 0 Å². The minimum Gasteiger partial charge on any atom is -0.339 e. The second-order valence-electron chi connectivity index (χ2n) is 9.50. The van der Waals surface area contributed by atoms with Gasteiger partial charge in [0, 0.05) is 0 Å². The Labute approximate surface area is 199 Å². The Morgan fingerprint density at radius 3 is 2.32 bits per heavy atom. The standard InChI is InChI=1S/C21H6N16/c1-22-5-6(23-1)14-31-16-8-10(27-3-25-8)18-33-20-12-11(28-4-29-12)19-32-17-9-7(24-2-26-9)15-30-13(5)34(14)21(35(15)17,36(16)18)37(19)20/h1-4H,(H,22,23)(H,24,26)/p+2/t21-/m1/s1. The Hall–Kier alpha value is -5.80. The zero-order chi connectivity index (χ0) is 23.4. The Kier molecular flexibility index (Phi) is 1.92. The molecular formula is C21H8N16+2. The van der Waals surface area contributed by atoms with E-state index in [1.807, 2.05) is 0 Å². The van der Waals surface area contributed by atoms with Crippen LogP contribution in [0.5, 0.6) is 0 Å². The normalized spacial score (nSPS) is 20.5. The van der Waals surface area contributed by atoms with Gasteiger partial charge in [0.25, 0.3) is 22.6 Å². The molecule has 1 spiro atoms. The second kappa shape index (κ2) is 4.43. The molecule has 0 aliphatic carbocycles. The van der Waals surface area contributed by atoms with Gasteiger partial charge in [-0.3, -0.25) is 0 Å². The van der Waals surface area contributed by atoms with Crippen molar-refractivity contribution in [1.29, 1.82) is 0 Å². The molecule has 6 aliphatic rings. The number of nitrogens with one attached hydrogen (secondary N) is 4. The van der Waals surface area contributed by atoms with E-state index in [2.05, 4.69) is 68.2 Å². The van der Waals surface area contributed by atoms with Crippen molar-refractivity contribution in [3.63, 3.8) is 0 Å². The number of imidazole rings is 2.